The number of rotatable bonds is 5. The summed E-state index contributed by atoms with van der Waals surface area (Å²) in [7, 11) is 0. The van der Waals surface area contributed by atoms with Gasteiger partial charge in [-0.1, -0.05) is 46.8 Å². The van der Waals surface area contributed by atoms with Crippen molar-refractivity contribution in [2.45, 2.75) is 103 Å². The number of aryl methyl sites for hydroxylation is 4. The molecule has 2 amide bonds. The number of urea groups is 1. The summed E-state index contributed by atoms with van der Waals surface area (Å²) in [6.07, 6.45) is 5.64. The van der Waals surface area contributed by atoms with E-state index in [2.05, 4.69) is 31.6 Å². The average Bonchev–Trinajstić information content (AvgIpc) is 3.78. The van der Waals surface area contributed by atoms with Crippen LogP contribution in [0.25, 0.3) is 0 Å². The molecule has 0 aliphatic carbocycles. The molecule has 0 bridgehead atoms. The highest BCUT2D eigenvalue weighted by atomic mass is 127. The van der Waals surface area contributed by atoms with Crippen LogP contribution in [0.15, 0.2) is 45.4 Å². The fourth-order valence-corrected chi connectivity index (χ4v) is 8.02. The number of Topliss-reactive ketones (excluding diaryl/α,β-unsaturated/α-hetero) is 2. The number of carbonyl (C=O) groups excluding carboxylic acids is 3. The van der Waals surface area contributed by atoms with Gasteiger partial charge in [-0.05, 0) is 107 Å². The molecule has 314 valence electrons. The molecule has 2 saturated heterocycles. The molecule has 2 aromatic carbocycles. The van der Waals surface area contributed by atoms with E-state index in [1.165, 1.54) is 24.3 Å². The van der Waals surface area contributed by atoms with Gasteiger partial charge in [-0.25, -0.2) is 13.6 Å². The highest BCUT2D eigenvalue weighted by molar-refractivity contribution is 14.1. The molecular weight excluding hydrogens is 861 g/mol. The van der Waals surface area contributed by atoms with Crippen LogP contribution in [0.2, 0.25) is 0 Å². The summed E-state index contributed by atoms with van der Waals surface area (Å²) in [6.45, 7) is 11.6. The van der Waals surface area contributed by atoms with Gasteiger partial charge in [0.2, 0.25) is 0 Å². The summed E-state index contributed by atoms with van der Waals surface area (Å²) in [5, 5.41) is 21.0. The third kappa shape index (κ3) is 10.4. The Bertz CT molecular complexity index is 2080. The SMILES string of the molecule is CCc1noc(C)c1CN.CCc1noc(C)c1CNC(=O)N1CCC2(CC1)CC(=O)c1cc(F)ccc1N2.O=C1CC2(CCNCC2)Nc2ccc(F)cc21.[2H]CI. The van der Waals surface area contributed by atoms with Gasteiger partial charge in [-0.3, -0.25) is 9.59 Å². The summed E-state index contributed by atoms with van der Waals surface area (Å²) in [5.74, 6) is 0.821. The van der Waals surface area contributed by atoms with Crippen molar-refractivity contribution in [1.82, 2.24) is 25.8 Å². The number of ketones is 2. The summed E-state index contributed by atoms with van der Waals surface area (Å²) in [6, 6.07) is 8.54. The van der Waals surface area contributed by atoms with Crippen molar-refractivity contribution in [3.05, 3.63) is 93.2 Å². The first-order valence-corrected chi connectivity index (χ1v) is 21.2. The largest absolute Gasteiger partial charge is 0.378 e. The van der Waals surface area contributed by atoms with Gasteiger partial charge < -0.3 is 40.9 Å². The number of halogens is 3. The molecule has 8 rings (SSSR count). The molecular formula is C42H55F2IN8O5. The van der Waals surface area contributed by atoms with Crippen LogP contribution in [-0.2, 0) is 25.9 Å². The lowest BCUT2D eigenvalue weighted by atomic mass is 9.78. The predicted molar refractivity (Wildman–Crippen MR) is 228 cm³/mol. The van der Waals surface area contributed by atoms with Crippen molar-refractivity contribution in [1.29, 1.82) is 0 Å². The second kappa shape index (κ2) is 20.0. The van der Waals surface area contributed by atoms with Crippen LogP contribution in [0, 0.1) is 25.5 Å². The zero-order valence-corrected chi connectivity index (χ0v) is 35.8. The normalized spacial score (nSPS) is 17.4. The number of alkyl halides is 1. The maximum Gasteiger partial charge on any atom is 0.317 e. The van der Waals surface area contributed by atoms with Gasteiger partial charge in [0.15, 0.2) is 11.6 Å². The van der Waals surface area contributed by atoms with E-state index in [0.29, 0.717) is 73.6 Å². The molecule has 4 aromatic rings. The lowest BCUT2D eigenvalue weighted by Crippen LogP contribution is -2.55. The lowest BCUT2D eigenvalue weighted by Gasteiger charge is -2.45. The summed E-state index contributed by atoms with van der Waals surface area (Å²) < 4.78 is 42.9. The van der Waals surface area contributed by atoms with Crippen LogP contribution in [-0.4, -0.2) is 75.0 Å². The third-order valence-corrected chi connectivity index (χ3v) is 11.4. The van der Waals surface area contributed by atoms with Crippen LogP contribution in [0.3, 0.4) is 0 Å². The minimum Gasteiger partial charge on any atom is -0.378 e. The number of hydrogen-bond donors (Lipinski definition) is 5. The van der Waals surface area contributed by atoms with Crippen molar-refractivity contribution < 1.29 is 33.6 Å². The average molecular weight is 918 g/mol. The Kier molecular flexibility index (Phi) is 14.9. The maximum atomic E-state index is 13.4. The Labute approximate surface area is 353 Å². The van der Waals surface area contributed by atoms with Gasteiger partial charge in [-0.2, -0.15) is 0 Å². The number of nitrogens with two attached hydrogens (primary N) is 1. The Morgan fingerprint density at radius 1 is 0.862 bits per heavy atom. The Morgan fingerprint density at radius 3 is 1.79 bits per heavy atom. The first-order chi connectivity index (χ1) is 28.3. The van der Waals surface area contributed by atoms with E-state index in [1.54, 1.807) is 17.0 Å². The predicted octanol–water partition coefficient (Wildman–Crippen LogP) is 7.43. The number of amides is 2. The van der Waals surface area contributed by atoms with Crippen LogP contribution < -0.4 is 27.0 Å². The highest BCUT2D eigenvalue weighted by Gasteiger charge is 2.42. The van der Waals surface area contributed by atoms with E-state index < -0.39 is 5.82 Å². The lowest BCUT2D eigenvalue weighted by molar-refractivity contribution is 0.0911. The zero-order valence-electron chi connectivity index (χ0n) is 34.7. The van der Waals surface area contributed by atoms with E-state index >= 15 is 0 Å². The van der Waals surface area contributed by atoms with E-state index in [1.807, 2.05) is 50.3 Å². The number of anilines is 2. The van der Waals surface area contributed by atoms with Crippen molar-refractivity contribution in [2.24, 2.45) is 5.73 Å². The molecule has 13 nitrogen and oxygen atoms in total. The Morgan fingerprint density at radius 2 is 1.33 bits per heavy atom. The quantitative estimate of drug-likeness (QED) is 0.0993. The van der Waals surface area contributed by atoms with Crippen LogP contribution >= 0.6 is 22.6 Å². The zero-order chi connectivity index (χ0) is 42.7. The number of nitrogens with zero attached hydrogens (tertiary/aromatic N) is 3. The number of hydrogen-bond acceptors (Lipinski definition) is 11. The standard InChI is InChI=1S/C21H25FN4O3.C13H15FN2O.C7H12N2O.CH3I/c1-3-17-16(13(2)29-25-17)12-23-20(28)26-8-6-21(7-9-26)11-19(27)15-10-14(22)4-5-18(15)24-21;14-9-1-2-11-10(7-9)12(17)8-13(16-11)3-5-15-6-4-13;1-3-7-6(4-8)5(2)10-9-7;1-2/h4-5,10,24H,3,6-9,11-12H2,1-2H3,(H,23,28);1-2,7,15-16H,3-6,8H2;3-4,8H2,1-2H3;1H3/i;;;1D. The molecule has 16 heteroatoms. The minimum atomic E-state index is -0.407. The van der Waals surface area contributed by atoms with E-state index in [0.717, 1.165) is 78.5 Å². The highest BCUT2D eigenvalue weighted by Crippen LogP contribution is 2.38. The molecule has 4 aliphatic rings. The van der Waals surface area contributed by atoms with E-state index in [-0.39, 0.29) is 34.5 Å². The third-order valence-electron chi connectivity index (χ3n) is 11.4. The van der Waals surface area contributed by atoms with Gasteiger partial charge >= 0.3 is 6.03 Å². The molecule has 2 aromatic heterocycles. The number of likely N-dealkylation sites (tertiary alicyclic amines) is 1. The fraction of sp³-hybridized carbons (Fsp3) is 0.500. The number of carbonyl (C=O) groups is 3. The van der Waals surface area contributed by atoms with Crippen LogP contribution in [0.4, 0.5) is 25.0 Å². The smallest absolute Gasteiger partial charge is 0.317 e. The molecule has 6 N–H and O–H groups in total. The first-order valence-electron chi connectivity index (χ1n) is 20.4. The summed E-state index contributed by atoms with van der Waals surface area (Å²) >= 11 is 1.96. The minimum absolute atomic E-state index is 0.0498. The fourth-order valence-electron chi connectivity index (χ4n) is 8.02. The Balaban J connectivity index is 0.000000185. The molecule has 2 spiro atoms. The number of fused-ring (bicyclic) bond motifs is 2. The second-order valence-electron chi connectivity index (χ2n) is 15.0. The molecule has 2 fully saturated rings. The number of nitrogens with one attached hydrogen (secondary N) is 4. The topological polar surface area (TPSA) is 181 Å². The van der Waals surface area contributed by atoms with Gasteiger partial charge in [0.05, 0.1) is 11.4 Å². The molecule has 0 radical (unpaired) electrons. The molecule has 0 unspecified atom stereocenters. The molecule has 4 aliphatic heterocycles. The molecule has 58 heavy (non-hydrogen) atoms. The van der Waals surface area contributed by atoms with Gasteiger partial charge in [0.1, 0.15) is 23.2 Å². The van der Waals surface area contributed by atoms with Crippen LogP contribution in [0.5, 0.6) is 0 Å². The van der Waals surface area contributed by atoms with E-state index in [9.17, 15) is 23.2 Å². The maximum absolute atomic E-state index is 13.4. The van der Waals surface area contributed by atoms with Gasteiger partial charge in [0, 0.05) is 85.1 Å². The molecule has 6 heterocycles. The van der Waals surface area contributed by atoms with E-state index in [4.69, 9.17) is 16.2 Å². The summed E-state index contributed by atoms with van der Waals surface area (Å²) in [4.78, 5) is 39.5. The van der Waals surface area contributed by atoms with Gasteiger partial charge in [0.25, 0.3) is 0 Å². The number of benzene rings is 2. The number of aromatic nitrogens is 2. The second-order valence-corrected chi connectivity index (χ2v) is 15.0. The van der Waals surface area contributed by atoms with Crippen molar-refractivity contribution in [2.75, 3.05) is 41.7 Å². The van der Waals surface area contributed by atoms with Crippen LogP contribution in [0.1, 0.15) is 108 Å². The van der Waals surface area contributed by atoms with Crippen molar-refractivity contribution in [3.63, 3.8) is 0 Å². The van der Waals surface area contributed by atoms with Crippen molar-refractivity contribution in [3.8, 4) is 0 Å². The molecule has 0 atom stereocenters. The Hall–Kier alpha value is -4.42. The first kappa shape index (κ1) is 43.2. The summed E-state index contributed by atoms with van der Waals surface area (Å²) in [5.41, 5.74) is 11.2. The monoisotopic (exact) mass is 917 g/mol. The van der Waals surface area contributed by atoms with Crippen molar-refractivity contribution >= 4 is 51.6 Å². The molecule has 0 saturated carbocycles. The van der Waals surface area contributed by atoms with Gasteiger partial charge in [-0.15, -0.1) is 0 Å². The number of piperidine rings is 2.